The average molecular weight is 100 g/mol. The van der Waals surface area contributed by atoms with Crippen LogP contribution in [0.5, 0.6) is 0 Å². The van der Waals surface area contributed by atoms with Crippen LogP contribution in [0.15, 0.2) is 0 Å². The number of ether oxygens (including phenoxy) is 1. The zero-order chi connectivity index (χ0) is 5.70. The van der Waals surface area contributed by atoms with Gasteiger partial charge in [-0.3, -0.25) is 5.41 Å². The van der Waals surface area contributed by atoms with Gasteiger partial charge in [0.15, 0.2) is 5.90 Å². The van der Waals surface area contributed by atoms with Gasteiger partial charge in [-0.25, -0.2) is 0 Å². The fourth-order valence-electron chi connectivity index (χ4n) is 0.246. The summed E-state index contributed by atoms with van der Waals surface area (Å²) in [4.78, 5) is 0. The third-order valence-electron chi connectivity index (χ3n) is 0.546. The van der Waals surface area contributed by atoms with Crippen LogP contribution in [-0.2, 0) is 4.74 Å². The first kappa shape index (κ1) is 6.47. The molecule has 2 nitrogen and oxygen atoms in total. The first-order valence-corrected chi connectivity index (χ1v) is 2.30. The molecule has 0 aromatic heterocycles. The summed E-state index contributed by atoms with van der Waals surface area (Å²) < 4.78 is 4.71. The normalized spacial score (nSPS) is 8.29. The van der Waals surface area contributed by atoms with Crippen LogP contribution < -0.4 is 0 Å². The van der Waals surface area contributed by atoms with Crippen LogP contribution in [0.2, 0.25) is 0 Å². The van der Waals surface area contributed by atoms with E-state index >= 15 is 0 Å². The van der Waals surface area contributed by atoms with E-state index in [4.69, 9.17) is 10.1 Å². The van der Waals surface area contributed by atoms with E-state index in [0.29, 0.717) is 13.0 Å². The fourth-order valence-corrected chi connectivity index (χ4v) is 0.246. The summed E-state index contributed by atoms with van der Waals surface area (Å²) >= 11 is 0. The Bertz CT molecular complexity index is 61.1. The van der Waals surface area contributed by atoms with Crippen LogP contribution >= 0.6 is 0 Å². The SMILES string of the molecule is [CH2]CC(=N)OCC. The van der Waals surface area contributed by atoms with E-state index in [9.17, 15) is 0 Å². The summed E-state index contributed by atoms with van der Waals surface area (Å²) in [5, 5.41) is 6.85. The van der Waals surface area contributed by atoms with Crippen molar-refractivity contribution < 1.29 is 4.74 Å². The minimum absolute atomic E-state index is 0.266. The molecule has 0 amide bonds. The molecular formula is C5H10NO. The predicted molar refractivity (Wildman–Crippen MR) is 29.3 cm³/mol. The summed E-state index contributed by atoms with van der Waals surface area (Å²) in [6, 6.07) is 0. The minimum Gasteiger partial charge on any atom is -0.481 e. The van der Waals surface area contributed by atoms with Gasteiger partial charge in [0.1, 0.15) is 0 Å². The Balaban J connectivity index is 3.00. The van der Waals surface area contributed by atoms with Crippen LogP contribution in [0.1, 0.15) is 13.3 Å². The molecule has 0 unspecified atom stereocenters. The van der Waals surface area contributed by atoms with Crippen molar-refractivity contribution in [2.75, 3.05) is 6.61 Å². The van der Waals surface area contributed by atoms with E-state index in [0.717, 1.165) is 0 Å². The highest BCUT2D eigenvalue weighted by Gasteiger charge is 1.85. The van der Waals surface area contributed by atoms with Crippen LogP contribution in [-0.4, -0.2) is 12.5 Å². The molecule has 0 aromatic rings. The van der Waals surface area contributed by atoms with Gasteiger partial charge in [-0.1, -0.05) is 0 Å². The third kappa shape index (κ3) is 3.30. The van der Waals surface area contributed by atoms with Gasteiger partial charge < -0.3 is 4.74 Å². The Hall–Kier alpha value is -0.530. The minimum atomic E-state index is 0.266. The van der Waals surface area contributed by atoms with Crippen LogP contribution in [0.4, 0.5) is 0 Å². The molecule has 0 spiro atoms. The van der Waals surface area contributed by atoms with E-state index < -0.39 is 0 Å². The lowest BCUT2D eigenvalue weighted by atomic mass is 10.5. The second-order valence-electron chi connectivity index (χ2n) is 1.11. The zero-order valence-corrected chi connectivity index (χ0v) is 4.53. The average Bonchev–Trinajstić information content (AvgIpc) is 1.68. The fraction of sp³-hybridized carbons (Fsp3) is 0.600. The number of hydrogen-bond acceptors (Lipinski definition) is 2. The topological polar surface area (TPSA) is 33.1 Å². The number of hydrogen-bond donors (Lipinski definition) is 1. The molecule has 0 rings (SSSR count). The standard InChI is InChI=1S/C5H10NO/c1-3-5(6)7-4-2/h6H,1,3-4H2,2H3. The molecule has 0 aliphatic carbocycles. The summed E-state index contributed by atoms with van der Waals surface area (Å²) in [6.45, 7) is 5.88. The first-order chi connectivity index (χ1) is 3.31. The van der Waals surface area contributed by atoms with Crippen molar-refractivity contribution in [3.8, 4) is 0 Å². The highest BCUT2D eigenvalue weighted by molar-refractivity contribution is 5.72. The van der Waals surface area contributed by atoms with Crippen molar-refractivity contribution in [1.82, 2.24) is 0 Å². The molecule has 1 radical (unpaired) electrons. The molecule has 1 N–H and O–H groups in total. The van der Waals surface area contributed by atoms with Gasteiger partial charge in [0, 0.05) is 6.42 Å². The highest BCUT2D eigenvalue weighted by Crippen LogP contribution is 1.81. The molecule has 7 heavy (non-hydrogen) atoms. The summed E-state index contributed by atoms with van der Waals surface area (Å²) in [5.74, 6) is 0.266. The van der Waals surface area contributed by atoms with Crippen LogP contribution in [0, 0.1) is 12.3 Å². The molecule has 0 saturated carbocycles. The predicted octanol–water partition coefficient (Wildman–Crippen LogP) is 1.22. The maximum atomic E-state index is 6.85. The molecule has 0 saturated heterocycles. The zero-order valence-electron chi connectivity index (χ0n) is 4.53. The van der Waals surface area contributed by atoms with Crippen molar-refractivity contribution in [1.29, 1.82) is 5.41 Å². The smallest absolute Gasteiger partial charge is 0.180 e. The molecule has 0 aliphatic heterocycles. The first-order valence-electron chi connectivity index (χ1n) is 2.30. The van der Waals surface area contributed by atoms with Gasteiger partial charge >= 0.3 is 0 Å². The number of rotatable bonds is 2. The summed E-state index contributed by atoms with van der Waals surface area (Å²) in [6.07, 6.45) is 0.452. The van der Waals surface area contributed by atoms with E-state index in [1.807, 2.05) is 6.92 Å². The maximum absolute atomic E-state index is 6.85. The lowest BCUT2D eigenvalue weighted by molar-refractivity contribution is 0.317. The third-order valence-corrected chi connectivity index (χ3v) is 0.546. The molecule has 0 atom stereocenters. The van der Waals surface area contributed by atoms with Crippen molar-refractivity contribution in [3.05, 3.63) is 6.92 Å². The van der Waals surface area contributed by atoms with Crippen molar-refractivity contribution >= 4 is 5.90 Å². The van der Waals surface area contributed by atoms with Gasteiger partial charge in [-0.15, -0.1) is 0 Å². The quantitative estimate of drug-likeness (QED) is 0.411. The van der Waals surface area contributed by atoms with Gasteiger partial charge in [0.05, 0.1) is 6.61 Å². The second kappa shape index (κ2) is 3.65. The molecule has 0 aromatic carbocycles. The van der Waals surface area contributed by atoms with Crippen molar-refractivity contribution in [2.24, 2.45) is 0 Å². The van der Waals surface area contributed by atoms with Crippen molar-refractivity contribution in [2.45, 2.75) is 13.3 Å². The molecule has 0 fully saturated rings. The molecule has 0 heterocycles. The molecule has 2 heteroatoms. The summed E-state index contributed by atoms with van der Waals surface area (Å²) in [5.41, 5.74) is 0. The van der Waals surface area contributed by atoms with Crippen molar-refractivity contribution in [3.63, 3.8) is 0 Å². The van der Waals surface area contributed by atoms with Gasteiger partial charge in [0.25, 0.3) is 0 Å². The molecular weight excluding hydrogens is 90.1 g/mol. The van der Waals surface area contributed by atoms with E-state index in [1.54, 1.807) is 0 Å². The van der Waals surface area contributed by atoms with Gasteiger partial charge in [-0.05, 0) is 13.8 Å². The van der Waals surface area contributed by atoms with E-state index in [2.05, 4.69) is 6.92 Å². The van der Waals surface area contributed by atoms with Gasteiger partial charge in [0.2, 0.25) is 0 Å². The monoisotopic (exact) mass is 100 g/mol. The maximum Gasteiger partial charge on any atom is 0.180 e. The molecule has 0 aliphatic rings. The lowest BCUT2D eigenvalue weighted by Crippen LogP contribution is -1.99. The Morgan fingerprint density at radius 3 is 2.57 bits per heavy atom. The van der Waals surface area contributed by atoms with E-state index in [1.165, 1.54) is 0 Å². The number of nitrogens with one attached hydrogen (secondary N) is 1. The highest BCUT2D eigenvalue weighted by atomic mass is 16.5. The Morgan fingerprint density at radius 1 is 1.86 bits per heavy atom. The largest absolute Gasteiger partial charge is 0.481 e. The van der Waals surface area contributed by atoms with Crippen LogP contribution in [0.25, 0.3) is 0 Å². The Kier molecular flexibility index (Phi) is 3.38. The molecule has 41 valence electrons. The Labute approximate surface area is 44.0 Å². The molecule has 0 bridgehead atoms. The lowest BCUT2D eigenvalue weighted by Gasteiger charge is -1.97. The van der Waals surface area contributed by atoms with Gasteiger partial charge in [-0.2, -0.15) is 0 Å². The Morgan fingerprint density at radius 2 is 2.43 bits per heavy atom. The summed E-state index contributed by atoms with van der Waals surface area (Å²) in [7, 11) is 0. The second-order valence-corrected chi connectivity index (χ2v) is 1.11. The van der Waals surface area contributed by atoms with Crippen LogP contribution in [0.3, 0.4) is 0 Å². The van der Waals surface area contributed by atoms with E-state index in [-0.39, 0.29) is 5.90 Å².